The molecule has 0 saturated heterocycles. The standard InChI is InChI=1S/C18H14O2/c1-2-7-13-8-3-4-9-14(13)18(19)16-12-20-17-11-6-5-10-15(16)17/h2-6,8-12H,1,7H2. The summed E-state index contributed by atoms with van der Waals surface area (Å²) in [4.78, 5) is 12.7. The molecule has 98 valence electrons. The topological polar surface area (TPSA) is 30.2 Å². The molecule has 0 unspecified atom stereocenters. The van der Waals surface area contributed by atoms with Crippen LogP contribution in [0.5, 0.6) is 0 Å². The van der Waals surface area contributed by atoms with E-state index >= 15 is 0 Å². The van der Waals surface area contributed by atoms with Crippen molar-refractivity contribution in [1.29, 1.82) is 0 Å². The van der Waals surface area contributed by atoms with Gasteiger partial charge in [-0.25, -0.2) is 0 Å². The summed E-state index contributed by atoms with van der Waals surface area (Å²) >= 11 is 0. The van der Waals surface area contributed by atoms with Gasteiger partial charge in [-0.1, -0.05) is 48.5 Å². The first-order chi connectivity index (χ1) is 9.81. The zero-order valence-corrected chi connectivity index (χ0v) is 11.0. The molecule has 3 rings (SSSR count). The first-order valence-electron chi connectivity index (χ1n) is 6.51. The van der Waals surface area contributed by atoms with Crippen molar-refractivity contribution in [3.63, 3.8) is 0 Å². The highest BCUT2D eigenvalue weighted by atomic mass is 16.3. The van der Waals surface area contributed by atoms with Gasteiger partial charge in [0.05, 0.1) is 5.56 Å². The Labute approximate surface area is 117 Å². The first-order valence-corrected chi connectivity index (χ1v) is 6.51. The smallest absolute Gasteiger partial charge is 0.197 e. The molecule has 2 nitrogen and oxygen atoms in total. The maximum Gasteiger partial charge on any atom is 0.197 e. The van der Waals surface area contributed by atoms with Crippen molar-refractivity contribution in [3.8, 4) is 0 Å². The monoisotopic (exact) mass is 262 g/mol. The molecule has 1 aromatic heterocycles. The second-order valence-electron chi connectivity index (χ2n) is 4.62. The van der Waals surface area contributed by atoms with Crippen molar-refractivity contribution in [2.24, 2.45) is 0 Å². The number of carbonyl (C=O) groups excluding carboxylic acids is 1. The molecule has 2 aromatic carbocycles. The molecule has 0 radical (unpaired) electrons. The van der Waals surface area contributed by atoms with Gasteiger partial charge in [-0.15, -0.1) is 6.58 Å². The summed E-state index contributed by atoms with van der Waals surface area (Å²) in [7, 11) is 0. The molecule has 0 amide bonds. The Hall–Kier alpha value is -2.61. The highest BCUT2D eigenvalue weighted by Gasteiger charge is 2.17. The third-order valence-corrected chi connectivity index (χ3v) is 3.35. The Kier molecular flexibility index (Phi) is 3.21. The molecule has 0 aliphatic rings. The Morgan fingerprint density at radius 2 is 1.80 bits per heavy atom. The van der Waals surface area contributed by atoms with Gasteiger partial charge in [0.15, 0.2) is 5.78 Å². The van der Waals surface area contributed by atoms with Gasteiger partial charge in [0, 0.05) is 10.9 Å². The summed E-state index contributed by atoms with van der Waals surface area (Å²) < 4.78 is 5.45. The van der Waals surface area contributed by atoms with Crippen molar-refractivity contribution in [3.05, 3.63) is 84.1 Å². The van der Waals surface area contributed by atoms with Crippen molar-refractivity contribution >= 4 is 16.8 Å². The van der Waals surface area contributed by atoms with Crippen LogP contribution in [-0.4, -0.2) is 5.78 Å². The van der Waals surface area contributed by atoms with Crippen molar-refractivity contribution < 1.29 is 9.21 Å². The molecule has 0 fully saturated rings. The van der Waals surface area contributed by atoms with Crippen LogP contribution in [0.1, 0.15) is 21.5 Å². The minimum Gasteiger partial charge on any atom is -0.464 e. The molecule has 20 heavy (non-hydrogen) atoms. The van der Waals surface area contributed by atoms with Crippen LogP contribution in [0.15, 0.2) is 71.9 Å². The Bertz CT molecular complexity index is 781. The van der Waals surface area contributed by atoms with Crippen LogP contribution in [0.4, 0.5) is 0 Å². The van der Waals surface area contributed by atoms with E-state index in [-0.39, 0.29) is 5.78 Å². The molecule has 1 heterocycles. The van der Waals surface area contributed by atoms with E-state index in [0.717, 1.165) is 16.5 Å². The number of para-hydroxylation sites is 1. The molecule has 0 spiro atoms. The molecule has 0 aliphatic carbocycles. The third-order valence-electron chi connectivity index (χ3n) is 3.35. The van der Waals surface area contributed by atoms with Crippen LogP contribution in [0, 0.1) is 0 Å². The second kappa shape index (κ2) is 5.17. The lowest BCUT2D eigenvalue weighted by Crippen LogP contribution is -2.04. The lowest BCUT2D eigenvalue weighted by atomic mass is 9.96. The SMILES string of the molecule is C=CCc1ccccc1C(=O)c1coc2ccccc12. The summed E-state index contributed by atoms with van der Waals surface area (Å²) in [5.41, 5.74) is 3.03. The van der Waals surface area contributed by atoms with Gasteiger partial charge in [0.1, 0.15) is 11.8 Å². The predicted molar refractivity (Wildman–Crippen MR) is 80.0 cm³/mol. The number of hydrogen-bond acceptors (Lipinski definition) is 2. The molecule has 3 aromatic rings. The molecular formula is C18H14O2. The fraction of sp³-hybridized carbons (Fsp3) is 0.0556. The first kappa shape index (κ1) is 12.4. The van der Waals surface area contributed by atoms with Crippen LogP contribution >= 0.6 is 0 Å². The maximum atomic E-state index is 12.7. The lowest BCUT2D eigenvalue weighted by molar-refractivity contribution is 0.103. The number of ketones is 1. The number of fused-ring (bicyclic) bond motifs is 1. The lowest BCUT2D eigenvalue weighted by Gasteiger charge is -2.05. The maximum absolute atomic E-state index is 12.7. The number of rotatable bonds is 4. The van der Waals surface area contributed by atoms with Crippen molar-refractivity contribution in [2.75, 3.05) is 0 Å². The van der Waals surface area contributed by atoms with E-state index in [0.29, 0.717) is 17.5 Å². The molecule has 0 aliphatic heterocycles. The van der Waals surface area contributed by atoms with Crippen molar-refractivity contribution in [2.45, 2.75) is 6.42 Å². The zero-order chi connectivity index (χ0) is 13.9. The molecule has 0 atom stereocenters. The van der Waals surface area contributed by atoms with Gasteiger partial charge in [0.25, 0.3) is 0 Å². The molecule has 0 N–H and O–H groups in total. The summed E-state index contributed by atoms with van der Waals surface area (Å²) in [5.74, 6) is -0.00704. The van der Waals surface area contributed by atoms with Gasteiger partial charge in [0.2, 0.25) is 0 Å². The number of hydrogen-bond donors (Lipinski definition) is 0. The summed E-state index contributed by atoms with van der Waals surface area (Å²) in [6.45, 7) is 3.74. The van der Waals surface area contributed by atoms with E-state index in [9.17, 15) is 4.79 Å². The van der Waals surface area contributed by atoms with Crippen LogP contribution in [-0.2, 0) is 6.42 Å². The number of benzene rings is 2. The summed E-state index contributed by atoms with van der Waals surface area (Å²) in [5, 5.41) is 0.853. The summed E-state index contributed by atoms with van der Waals surface area (Å²) in [6, 6.07) is 15.2. The van der Waals surface area contributed by atoms with Crippen LogP contribution in [0.2, 0.25) is 0 Å². The zero-order valence-electron chi connectivity index (χ0n) is 11.0. The fourth-order valence-electron chi connectivity index (χ4n) is 2.37. The highest BCUT2D eigenvalue weighted by molar-refractivity contribution is 6.16. The number of furan rings is 1. The highest BCUT2D eigenvalue weighted by Crippen LogP contribution is 2.24. The van der Waals surface area contributed by atoms with E-state index in [1.807, 2.05) is 48.5 Å². The van der Waals surface area contributed by atoms with Gasteiger partial charge >= 0.3 is 0 Å². The molecule has 2 heteroatoms. The van der Waals surface area contributed by atoms with Crippen molar-refractivity contribution in [1.82, 2.24) is 0 Å². The Balaban J connectivity index is 2.11. The van der Waals surface area contributed by atoms with E-state index in [2.05, 4.69) is 6.58 Å². The van der Waals surface area contributed by atoms with Gasteiger partial charge in [-0.2, -0.15) is 0 Å². The van der Waals surface area contributed by atoms with Crippen LogP contribution in [0.3, 0.4) is 0 Å². The largest absolute Gasteiger partial charge is 0.464 e. The molecule has 0 bridgehead atoms. The minimum absolute atomic E-state index is 0.00704. The van der Waals surface area contributed by atoms with Gasteiger partial charge in [-0.05, 0) is 18.1 Å². The fourth-order valence-corrected chi connectivity index (χ4v) is 2.37. The van der Waals surface area contributed by atoms with Crippen LogP contribution < -0.4 is 0 Å². The minimum atomic E-state index is -0.00704. The average molecular weight is 262 g/mol. The quantitative estimate of drug-likeness (QED) is 0.515. The average Bonchev–Trinajstić information content (AvgIpc) is 2.91. The van der Waals surface area contributed by atoms with Crippen LogP contribution in [0.25, 0.3) is 11.0 Å². The van der Waals surface area contributed by atoms with Gasteiger partial charge < -0.3 is 4.42 Å². The molecule has 0 saturated carbocycles. The van der Waals surface area contributed by atoms with E-state index in [1.165, 1.54) is 6.26 Å². The van der Waals surface area contributed by atoms with E-state index in [4.69, 9.17) is 4.42 Å². The number of carbonyl (C=O) groups is 1. The number of allylic oxidation sites excluding steroid dienone is 1. The predicted octanol–water partition coefficient (Wildman–Crippen LogP) is 4.39. The van der Waals surface area contributed by atoms with E-state index < -0.39 is 0 Å². The Morgan fingerprint density at radius 1 is 1.05 bits per heavy atom. The van der Waals surface area contributed by atoms with E-state index in [1.54, 1.807) is 6.08 Å². The van der Waals surface area contributed by atoms with Gasteiger partial charge in [-0.3, -0.25) is 4.79 Å². The Morgan fingerprint density at radius 3 is 2.65 bits per heavy atom. The summed E-state index contributed by atoms with van der Waals surface area (Å²) in [6.07, 6.45) is 4.02. The normalized spacial score (nSPS) is 10.6. The second-order valence-corrected chi connectivity index (χ2v) is 4.62. The molecular weight excluding hydrogens is 248 g/mol. The third kappa shape index (κ3) is 2.05.